The highest BCUT2D eigenvalue weighted by atomic mass is 35.5. The summed E-state index contributed by atoms with van der Waals surface area (Å²) in [4.78, 5) is 12.9. The Bertz CT molecular complexity index is 2800. The smallest absolute Gasteiger partial charge is 0.133 e. The molecule has 0 saturated carbocycles. The van der Waals surface area contributed by atoms with Gasteiger partial charge in [0.05, 0.1) is 27.6 Å². The molecule has 2 heterocycles. The van der Waals surface area contributed by atoms with Gasteiger partial charge in [0, 0.05) is 33.9 Å². The molecule has 6 aromatic carbocycles. The van der Waals surface area contributed by atoms with E-state index in [0.717, 1.165) is 53.5 Å². The maximum Gasteiger partial charge on any atom is 0.133 e. The van der Waals surface area contributed by atoms with Gasteiger partial charge in [-0.2, -0.15) is 0 Å². The highest BCUT2D eigenvalue weighted by Gasteiger charge is 2.24. The third-order valence-electron chi connectivity index (χ3n) is 10.6. The van der Waals surface area contributed by atoms with E-state index in [1.165, 1.54) is 55.7 Å². The number of aromatic amines is 1. The second-order valence-electron chi connectivity index (χ2n) is 14.3. The van der Waals surface area contributed by atoms with Gasteiger partial charge in [-0.25, -0.2) is 9.97 Å². The lowest BCUT2D eigenvalue weighted by Gasteiger charge is -2.06. The van der Waals surface area contributed by atoms with Gasteiger partial charge in [-0.3, -0.25) is 0 Å². The van der Waals surface area contributed by atoms with Crippen molar-refractivity contribution in [3.05, 3.63) is 200 Å². The van der Waals surface area contributed by atoms with Crippen LogP contribution in [0.3, 0.4) is 0 Å². The van der Waals surface area contributed by atoms with Gasteiger partial charge < -0.3 is 9.55 Å². The summed E-state index contributed by atoms with van der Waals surface area (Å²) < 4.78 is 2.24. The van der Waals surface area contributed by atoms with E-state index in [4.69, 9.17) is 51.4 Å². The SMILES string of the molecule is CCCCn1cc(-c2ccc(Cl)cc2Cl)nc1C=C1c2ccccc2-c2ccccc21.Clc1ccc(-c2cnc(C=C3c4ccccc4-c4ccccc43)[nH]2)c(Cl)c1. The predicted octanol–water partition coefficient (Wildman–Crippen LogP) is 15.2. The fourth-order valence-corrected chi connectivity index (χ4v) is 8.83. The number of hydrogen-bond donors (Lipinski definition) is 1. The summed E-state index contributed by atoms with van der Waals surface area (Å²) in [6.07, 6.45) is 10.4. The molecule has 1 N–H and O–H groups in total. The Balaban J connectivity index is 0.000000152. The first-order valence-electron chi connectivity index (χ1n) is 19.2. The first-order valence-corrected chi connectivity index (χ1v) is 20.7. The Hall–Kier alpha value is -5.62. The lowest BCUT2D eigenvalue weighted by molar-refractivity contribution is 0.627. The first kappa shape index (κ1) is 37.9. The lowest BCUT2D eigenvalue weighted by atomic mass is 10.0. The fourth-order valence-electron chi connectivity index (χ4n) is 7.81. The number of unbranched alkanes of at least 4 members (excludes halogenated alkanes) is 1. The van der Waals surface area contributed by atoms with Crippen LogP contribution in [0, 0.1) is 0 Å². The van der Waals surface area contributed by atoms with Gasteiger partial charge >= 0.3 is 0 Å². The molecule has 0 unspecified atom stereocenters. The van der Waals surface area contributed by atoms with E-state index in [-0.39, 0.29) is 0 Å². The zero-order valence-electron chi connectivity index (χ0n) is 31.5. The topological polar surface area (TPSA) is 46.5 Å². The molecule has 0 fully saturated rings. The molecule has 58 heavy (non-hydrogen) atoms. The van der Waals surface area contributed by atoms with E-state index >= 15 is 0 Å². The van der Waals surface area contributed by atoms with Crippen molar-refractivity contribution in [1.82, 2.24) is 19.5 Å². The molecule has 2 aliphatic rings. The summed E-state index contributed by atoms with van der Waals surface area (Å²) in [5.74, 6) is 1.73. The van der Waals surface area contributed by atoms with Crippen molar-refractivity contribution in [2.24, 2.45) is 0 Å². The number of fused-ring (bicyclic) bond motifs is 6. The quantitative estimate of drug-likeness (QED) is 0.174. The molecular weight excluding hydrogens is 798 g/mol. The van der Waals surface area contributed by atoms with Gasteiger partial charge in [0.1, 0.15) is 11.6 Å². The average molecular weight is 835 g/mol. The molecule has 0 aliphatic heterocycles. The van der Waals surface area contributed by atoms with Crippen molar-refractivity contribution in [3.8, 4) is 44.8 Å². The standard InChI is InChI=1S/C27H22Cl2N2.C23H14Cl2N2/c1-2-3-14-31-17-26(23-13-12-18(28)15-25(23)29)30-27(31)16-24-21-10-6-4-8-19(21)20-9-5-7-11-22(20)24;24-14-9-10-19(21(25)11-14)22-13-26-23(27-22)12-20-17-7-3-1-5-15(17)16-6-2-4-8-18(16)20/h4-13,15-17H,2-3,14H2,1H3;1-13H,(H,26,27). The van der Waals surface area contributed by atoms with Gasteiger partial charge in [-0.15, -0.1) is 0 Å². The molecule has 10 rings (SSSR count). The Morgan fingerprint density at radius 3 is 1.50 bits per heavy atom. The molecule has 0 atom stereocenters. The second kappa shape index (κ2) is 16.3. The maximum atomic E-state index is 6.49. The number of imidazole rings is 2. The molecule has 0 saturated heterocycles. The van der Waals surface area contributed by atoms with Crippen LogP contribution in [0.25, 0.3) is 68.1 Å². The van der Waals surface area contributed by atoms with Crippen LogP contribution in [0.4, 0.5) is 0 Å². The number of nitrogens with zero attached hydrogens (tertiary/aromatic N) is 3. The molecule has 0 spiro atoms. The Morgan fingerprint density at radius 1 is 0.552 bits per heavy atom. The van der Waals surface area contributed by atoms with Crippen molar-refractivity contribution in [2.75, 3.05) is 0 Å². The average Bonchev–Trinajstić information content (AvgIpc) is 4.02. The molecule has 2 aliphatic carbocycles. The number of hydrogen-bond acceptors (Lipinski definition) is 2. The number of aromatic nitrogens is 4. The van der Waals surface area contributed by atoms with Gasteiger partial charge in [0.2, 0.25) is 0 Å². The van der Waals surface area contributed by atoms with E-state index in [0.29, 0.717) is 20.1 Å². The Morgan fingerprint density at radius 2 is 1.02 bits per heavy atom. The van der Waals surface area contributed by atoms with E-state index in [2.05, 4.69) is 137 Å². The molecule has 0 radical (unpaired) electrons. The van der Waals surface area contributed by atoms with E-state index in [9.17, 15) is 0 Å². The van der Waals surface area contributed by atoms with Crippen LogP contribution in [0.2, 0.25) is 20.1 Å². The maximum absolute atomic E-state index is 6.49. The van der Waals surface area contributed by atoms with Gasteiger partial charge in [0.15, 0.2) is 0 Å². The molecule has 8 aromatic rings. The zero-order valence-corrected chi connectivity index (χ0v) is 34.5. The summed E-state index contributed by atoms with van der Waals surface area (Å²) in [6, 6.07) is 45.1. The number of halogens is 4. The summed E-state index contributed by atoms with van der Waals surface area (Å²) in [5.41, 5.74) is 15.9. The molecule has 8 heteroatoms. The van der Waals surface area contributed by atoms with E-state index < -0.39 is 0 Å². The Kier molecular flexibility index (Phi) is 10.7. The highest BCUT2D eigenvalue weighted by molar-refractivity contribution is 6.37. The van der Waals surface area contributed by atoms with Crippen LogP contribution >= 0.6 is 46.4 Å². The van der Waals surface area contributed by atoms with Gasteiger partial charge in [-0.05, 0) is 111 Å². The number of benzene rings is 6. The largest absolute Gasteiger partial charge is 0.338 e. The molecular formula is C50H36Cl4N4. The minimum Gasteiger partial charge on any atom is -0.338 e. The van der Waals surface area contributed by atoms with Crippen LogP contribution < -0.4 is 0 Å². The van der Waals surface area contributed by atoms with Gasteiger partial charge in [0.25, 0.3) is 0 Å². The highest BCUT2D eigenvalue weighted by Crippen LogP contribution is 2.46. The number of nitrogens with one attached hydrogen (secondary N) is 1. The van der Waals surface area contributed by atoms with E-state index in [1.54, 1.807) is 18.3 Å². The number of H-pyrrole nitrogens is 1. The molecule has 4 nitrogen and oxygen atoms in total. The molecule has 2 aromatic heterocycles. The number of aryl methyl sites for hydroxylation is 1. The zero-order chi connectivity index (χ0) is 39.8. The first-order chi connectivity index (χ1) is 28.4. The van der Waals surface area contributed by atoms with Crippen LogP contribution in [0.1, 0.15) is 53.7 Å². The van der Waals surface area contributed by atoms with Crippen LogP contribution in [-0.4, -0.2) is 19.5 Å². The number of rotatable bonds is 7. The van der Waals surface area contributed by atoms with Gasteiger partial charge in [-0.1, -0.05) is 157 Å². The third kappa shape index (κ3) is 7.34. The van der Waals surface area contributed by atoms with Crippen molar-refractivity contribution < 1.29 is 0 Å². The van der Waals surface area contributed by atoms with E-state index in [1.807, 2.05) is 24.3 Å². The monoisotopic (exact) mass is 832 g/mol. The predicted molar refractivity (Wildman–Crippen MR) is 244 cm³/mol. The lowest BCUT2D eigenvalue weighted by Crippen LogP contribution is -1.99. The fraction of sp³-hybridized carbons (Fsp3) is 0.0800. The Labute approximate surface area is 358 Å². The van der Waals surface area contributed by atoms with Crippen molar-refractivity contribution in [2.45, 2.75) is 26.3 Å². The van der Waals surface area contributed by atoms with Crippen LogP contribution in [0.15, 0.2) is 146 Å². The molecule has 0 bridgehead atoms. The summed E-state index contributed by atoms with van der Waals surface area (Å²) in [7, 11) is 0. The molecule has 284 valence electrons. The van der Waals surface area contributed by atoms with Crippen molar-refractivity contribution in [3.63, 3.8) is 0 Å². The second-order valence-corrected chi connectivity index (χ2v) is 15.9. The normalized spacial score (nSPS) is 12.0. The third-order valence-corrected chi connectivity index (χ3v) is 11.7. The van der Waals surface area contributed by atoms with Crippen LogP contribution in [0.5, 0.6) is 0 Å². The van der Waals surface area contributed by atoms with Crippen LogP contribution in [-0.2, 0) is 6.54 Å². The summed E-state index contributed by atoms with van der Waals surface area (Å²) >= 11 is 24.9. The van der Waals surface area contributed by atoms with Crippen molar-refractivity contribution >= 4 is 69.7 Å². The van der Waals surface area contributed by atoms with Crippen molar-refractivity contribution in [1.29, 1.82) is 0 Å². The summed E-state index contributed by atoms with van der Waals surface area (Å²) in [6.45, 7) is 3.12. The minimum atomic E-state index is 0.599. The minimum absolute atomic E-state index is 0.599. The summed E-state index contributed by atoms with van der Waals surface area (Å²) in [5, 5.41) is 2.45. The molecule has 0 amide bonds.